The van der Waals surface area contributed by atoms with E-state index in [0.717, 1.165) is 10.8 Å². The van der Waals surface area contributed by atoms with Gasteiger partial charge in [-0.3, -0.25) is 0 Å². The van der Waals surface area contributed by atoms with Gasteiger partial charge in [-0.05, 0) is 26.7 Å². The third-order valence-corrected chi connectivity index (χ3v) is 4.88. The highest BCUT2D eigenvalue weighted by atomic mass is 32.2. The summed E-state index contributed by atoms with van der Waals surface area (Å²) in [4.78, 5) is 0. The predicted molar refractivity (Wildman–Crippen MR) is 66.4 cm³/mol. The second-order valence-corrected chi connectivity index (χ2v) is 7.39. The molecule has 0 unspecified atom stereocenters. The lowest BCUT2D eigenvalue weighted by Crippen LogP contribution is -2.06. The van der Waals surface area contributed by atoms with E-state index < -0.39 is 19.7 Å². The second-order valence-electron chi connectivity index (χ2n) is 3.38. The van der Waals surface area contributed by atoms with Crippen LogP contribution in [0.1, 0.15) is 26.7 Å². The maximum absolute atomic E-state index is 11.2. The summed E-state index contributed by atoms with van der Waals surface area (Å²) >= 11 is 0. The SMILES string of the molecule is CC=CS(=O)(=O)CCCCS(=O)(=O)C=CC. The van der Waals surface area contributed by atoms with Crippen LogP contribution in [0.2, 0.25) is 0 Å². The number of sulfone groups is 2. The third-order valence-electron chi connectivity index (χ3n) is 1.79. The van der Waals surface area contributed by atoms with Gasteiger partial charge in [0, 0.05) is 10.8 Å². The van der Waals surface area contributed by atoms with Crippen LogP contribution in [-0.2, 0) is 19.7 Å². The first-order valence-corrected chi connectivity index (χ1v) is 8.47. The first-order valence-electron chi connectivity index (χ1n) is 5.04. The van der Waals surface area contributed by atoms with Gasteiger partial charge in [-0.2, -0.15) is 0 Å². The van der Waals surface area contributed by atoms with Crippen LogP contribution in [0, 0.1) is 0 Å². The molecule has 0 aromatic carbocycles. The van der Waals surface area contributed by atoms with Crippen molar-refractivity contribution < 1.29 is 16.8 Å². The average Bonchev–Trinajstić information content (AvgIpc) is 2.12. The van der Waals surface area contributed by atoms with Crippen molar-refractivity contribution in [2.75, 3.05) is 11.5 Å². The van der Waals surface area contributed by atoms with Gasteiger partial charge in [0.2, 0.25) is 0 Å². The van der Waals surface area contributed by atoms with Crippen molar-refractivity contribution in [1.29, 1.82) is 0 Å². The maximum atomic E-state index is 11.2. The Morgan fingerprint density at radius 1 is 0.750 bits per heavy atom. The molecule has 0 aliphatic rings. The van der Waals surface area contributed by atoms with Crippen LogP contribution in [0.3, 0.4) is 0 Å². The maximum Gasteiger partial charge on any atom is 0.171 e. The second kappa shape index (κ2) is 6.85. The van der Waals surface area contributed by atoms with Crippen LogP contribution < -0.4 is 0 Å². The summed E-state index contributed by atoms with van der Waals surface area (Å²) in [6, 6.07) is 0. The molecule has 0 saturated heterocycles. The van der Waals surface area contributed by atoms with Crippen molar-refractivity contribution in [3.05, 3.63) is 23.0 Å². The molecule has 0 aromatic heterocycles. The van der Waals surface area contributed by atoms with Crippen LogP contribution >= 0.6 is 0 Å². The van der Waals surface area contributed by atoms with Gasteiger partial charge in [-0.25, -0.2) is 16.8 Å². The molecule has 0 fully saturated rings. The quantitative estimate of drug-likeness (QED) is 0.657. The highest BCUT2D eigenvalue weighted by Crippen LogP contribution is 2.03. The van der Waals surface area contributed by atoms with E-state index in [1.807, 2.05) is 0 Å². The number of hydrogen-bond acceptors (Lipinski definition) is 4. The molecule has 0 aliphatic carbocycles. The van der Waals surface area contributed by atoms with E-state index >= 15 is 0 Å². The lowest BCUT2D eigenvalue weighted by Gasteiger charge is -1.99. The summed E-state index contributed by atoms with van der Waals surface area (Å²) in [5.74, 6) is 0.00536. The Bertz CT molecular complexity index is 397. The van der Waals surface area contributed by atoms with E-state index in [1.165, 1.54) is 12.2 Å². The van der Waals surface area contributed by atoms with Crippen LogP contribution in [-0.4, -0.2) is 28.3 Å². The summed E-state index contributed by atoms with van der Waals surface area (Å²) in [5, 5.41) is 2.29. The van der Waals surface area contributed by atoms with Crippen LogP contribution in [0.25, 0.3) is 0 Å². The zero-order valence-electron chi connectivity index (χ0n) is 9.59. The zero-order chi connectivity index (χ0) is 12.7. The topological polar surface area (TPSA) is 68.3 Å². The van der Waals surface area contributed by atoms with Crippen LogP contribution in [0.4, 0.5) is 0 Å². The molecule has 0 radical (unpaired) electrons. The lowest BCUT2D eigenvalue weighted by molar-refractivity contribution is 0.594. The molecule has 0 heterocycles. The van der Waals surface area contributed by atoms with E-state index in [1.54, 1.807) is 13.8 Å². The largest absolute Gasteiger partial charge is 0.224 e. The van der Waals surface area contributed by atoms with Gasteiger partial charge in [-0.15, -0.1) is 0 Å². The lowest BCUT2D eigenvalue weighted by atomic mass is 10.4. The van der Waals surface area contributed by atoms with Crippen LogP contribution in [0.15, 0.2) is 23.0 Å². The Balaban J connectivity index is 4.04. The smallest absolute Gasteiger partial charge is 0.171 e. The Labute approximate surface area is 97.9 Å². The van der Waals surface area contributed by atoms with Crippen molar-refractivity contribution in [3.8, 4) is 0 Å². The van der Waals surface area contributed by atoms with E-state index in [4.69, 9.17) is 0 Å². The number of hydrogen-bond donors (Lipinski definition) is 0. The Morgan fingerprint density at radius 2 is 1.06 bits per heavy atom. The average molecular weight is 266 g/mol. The van der Waals surface area contributed by atoms with Gasteiger partial charge >= 0.3 is 0 Å². The van der Waals surface area contributed by atoms with Gasteiger partial charge in [0.15, 0.2) is 19.7 Å². The molecule has 0 amide bonds. The van der Waals surface area contributed by atoms with Crippen molar-refractivity contribution >= 4 is 19.7 Å². The molecule has 0 spiro atoms. The molecule has 0 aromatic rings. The summed E-state index contributed by atoms with van der Waals surface area (Å²) < 4.78 is 44.9. The minimum atomic E-state index is -3.16. The van der Waals surface area contributed by atoms with E-state index in [0.29, 0.717) is 12.8 Å². The van der Waals surface area contributed by atoms with Crippen molar-refractivity contribution in [1.82, 2.24) is 0 Å². The number of unbranched alkanes of at least 4 members (excludes halogenated alkanes) is 1. The molecule has 94 valence electrons. The van der Waals surface area contributed by atoms with E-state index in [-0.39, 0.29) is 11.5 Å². The Hall–Kier alpha value is -0.620. The molecule has 6 heteroatoms. The molecular formula is C10H18O4S2. The minimum Gasteiger partial charge on any atom is -0.224 e. The fourth-order valence-corrected chi connectivity index (χ4v) is 3.47. The summed E-state index contributed by atoms with van der Waals surface area (Å²) in [6.45, 7) is 3.27. The Morgan fingerprint density at radius 3 is 1.31 bits per heavy atom. The first-order chi connectivity index (χ1) is 7.33. The third kappa shape index (κ3) is 7.64. The molecule has 16 heavy (non-hydrogen) atoms. The highest BCUT2D eigenvalue weighted by molar-refractivity contribution is 7.94. The fraction of sp³-hybridized carbons (Fsp3) is 0.600. The summed E-state index contributed by atoms with van der Waals surface area (Å²) in [7, 11) is -6.31. The van der Waals surface area contributed by atoms with Gasteiger partial charge in [0.1, 0.15) is 0 Å². The zero-order valence-corrected chi connectivity index (χ0v) is 11.2. The minimum absolute atomic E-state index is 0.00268. The number of rotatable bonds is 7. The molecule has 0 N–H and O–H groups in total. The standard InChI is InChI=1S/C10H18O4S2/c1-3-7-15(11,12)9-5-6-10-16(13,14)8-4-2/h3-4,7-8H,5-6,9-10H2,1-2H3. The first kappa shape index (κ1) is 15.4. The molecular weight excluding hydrogens is 248 g/mol. The molecule has 0 rings (SSSR count). The van der Waals surface area contributed by atoms with Gasteiger partial charge in [-0.1, -0.05) is 12.2 Å². The van der Waals surface area contributed by atoms with Gasteiger partial charge < -0.3 is 0 Å². The Kier molecular flexibility index (Phi) is 6.59. The van der Waals surface area contributed by atoms with Crippen molar-refractivity contribution in [3.63, 3.8) is 0 Å². The van der Waals surface area contributed by atoms with Crippen LogP contribution in [0.5, 0.6) is 0 Å². The fourth-order valence-electron chi connectivity index (χ4n) is 1.16. The summed E-state index contributed by atoms with van der Waals surface area (Å²) in [6.07, 6.45) is 3.66. The molecule has 0 aliphatic heterocycles. The highest BCUT2D eigenvalue weighted by Gasteiger charge is 2.08. The van der Waals surface area contributed by atoms with Gasteiger partial charge in [0.05, 0.1) is 11.5 Å². The van der Waals surface area contributed by atoms with E-state index in [9.17, 15) is 16.8 Å². The molecule has 0 atom stereocenters. The molecule has 0 saturated carbocycles. The van der Waals surface area contributed by atoms with Gasteiger partial charge in [0.25, 0.3) is 0 Å². The molecule has 0 bridgehead atoms. The summed E-state index contributed by atoms with van der Waals surface area (Å²) in [5.41, 5.74) is 0. The molecule has 4 nitrogen and oxygen atoms in total. The monoisotopic (exact) mass is 266 g/mol. The van der Waals surface area contributed by atoms with E-state index in [2.05, 4.69) is 0 Å². The van der Waals surface area contributed by atoms with Crippen molar-refractivity contribution in [2.45, 2.75) is 26.7 Å². The normalized spacial score (nSPS) is 13.9. The predicted octanol–water partition coefficient (Wildman–Crippen LogP) is 1.66. The van der Waals surface area contributed by atoms with Crippen molar-refractivity contribution in [2.24, 2.45) is 0 Å². The number of allylic oxidation sites excluding steroid dienone is 2.